The number of thioether (sulfide) groups is 1. The number of likely N-dealkylation sites (tertiary alicyclic amines) is 1. The number of piperidine rings is 1. The minimum absolute atomic E-state index is 0.131. The van der Waals surface area contributed by atoms with Gasteiger partial charge in [-0.25, -0.2) is 4.79 Å². The lowest BCUT2D eigenvalue weighted by atomic mass is 10.1. The van der Waals surface area contributed by atoms with Crippen LogP contribution in [-0.2, 0) is 4.79 Å². The number of hydrogen-bond donors (Lipinski definition) is 2. The van der Waals surface area contributed by atoms with Crippen molar-refractivity contribution in [2.75, 3.05) is 13.1 Å². The summed E-state index contributed by atoms with van der Waals surface area (Å²) >= 11 is 0.984. The highest BCUT2D eigenvalue weighted by molar-refractivity contribution is 8.17. The first kappa shape index (κ1) is 15.5. The van der Waals surface area contributed by atoms with Crippen LogP contribution in [0, 0.1) is 5.41 Å². The quantitative estimate of drug-likeness (QED) is 0.506. The zero-order valence-electron chi connectivity index (χ0n) is 11.9. The van der Waals surface area contributed by atoms with Crippen molar-refractivity contribution >= 4 is 28.5 Å². The first-order valence-corrected chi connectivity index (χ1v) is 7.63. The molecular formula is C14H18N4O2S. The number of allylic oxidation sites excluding steroid dienone is 1. The lowest BCUT2D eigenvalue weighted by Gasteiger charge is -2.28. The van der Waals surface area contributed by atoms with Gasteiger partial charge in [-0.15, -0.1) is 0 Å². The van der Waals surface area contributed by atoms with Gasteiger partial charge in [-0.2, -0.15) is 0 Å². The van der Waals surface area contributed by atoms with E-state index in [-0.39, 0.29) is 10.1 Å². The molecule has 0 unspecified atom stereocenters. The van der Waals surface area contributed by atoms with Crippen LogP contribution in [0.25, 0.3) is 5.57 Å². The largest absolute Gasteiger partial charge is 0.477 e. The van der Waals surface area contributed by atoms with Gasteiger partial charge in [0.15, 0.2) is 5.17 Å². The normalized spacial score (nSPS) is 16.3. The minimum atomic E-state index is -1.04. The molecule has 1 aliphatic heterocycles. The summed E-state index contributed by atoms with van der Waals surface area (Å²) in [6.07, 6.45) is 7.88. The summed E-state index contributed by atoms with van der Waals surface area (Å²) in [4.78, 5) is 21.6. The van der Waals surface area contributed by atoms with Gasteiger partial charge in [0.2, 0.25) is 0 Å². The molecule has 0 amide bonds. The van der Waals surface area contributed by atoms with Crippen LogP contribution in [0.5, 0.6) is 0 Å². The Labute approximate surface area is 127 Å². The molecule has 1 aromatic heterocycles. The summed E-state index contributed by atoms with van der Waals surface area (Å²) in [6, 6.07) is 0. The number of rotatable bonds is 3. The van der Waals surface area contributed by atoms with Crippen molar-refractivity contribution in [3.63, 3.8) is 0 Å². The summed E-state index contributed by atoms with van der Waals surface area (Å²) in [5.41, 5.74) is 1.05. The van der Waals surface area contributed by atoms with Crippen molar-refractivity contribution in [1.29, 1.82) is 5.41 Å². The van der Waals surface area contributed by atoms with Gasteiger partial charge < -0.3 is 10.0 Å². The van der Waals surface area contributed by atoms with E-state index in [2.05, 4.69) is 9.97 Å². The molecule has 0 aromatic carbocycles. The number of carboxylic acids is 1. The number of carboxylic acid groups (broad SMARTS) is 1. The zero-order valence-corrected chi connectivity index (χ0v) is 12.7. The highest BCUT2D eigenvalue weighted by Crippen LogP contribution is 2.28. The molecule has 0 aliphatic carbocycles. The van der Waals surface area contributed by atoms with Gasteiger partial charge in [0.25, 0.3) is 0 Å². The predicted octanol–water partition coefficient (Wildman–Crippen LogP) is 2.45. The Hall–Kier alpha value is -1.89. The minimum Gasteiger partial charge on any atom is -0.477 e. The van der Waals surface area contributed by atoms with Crippen LogP contribution in [-0.4, -0.2) is 44.2 Å². The third kappa shape index (κ3) is 4.04. The Morgan fingerprint density at radius 1 is 1.33 bits per heavy atom. The molecule has 6 nitrogen and oxygen atoms in total. The number of hydrogen-bond acceptors (Lipinski definition) is 5. The molecule has 7 heteroatoms. The predicted molar refractivity (Wildman–Crippen MR) is 83.0 cm³/mol. The molecule has 1 aliphatic rings. The molecule has 1 saturated heterocycles. The average Bonchev–Trinajstić information content (AvgIpc) is 2.53. The fourth-order valence-corrected chi connectivity index (χ4v) is 3.00. The van der Waals surface area contributed by atoms with Gasteiger partial charge in [-0.1, -0.05) is 0 Å². The smallest absolute Gasteiger partial charge is 0.342 e. The third-order valence-corrected chi connectivity index (χ3v) is 4.46. The van der Waals surface area contributed by atoms with E-state index in [0.29, 0.717) is 11.3 Å². The number of nitrogens with zero attached hydrogens (tertiary/aromatic N) is 3. The summed E-state index contributed by atoms with van der Waals surface area (Å²) in [6.45, 7) is 3.34. The van der Waals surface area contributed by atoms with Crippen molar-refractivity contribution < 1.29 is 9.90 Å². The number of carbonyl (C=O) groups is 1. The summed E-state index contributed by atoms with van der Waals surface area (Å²) in [5.74, 6) is -1.04. The molecule has 2 rings (SSSR count). The van der Waals surface area contributed by atoms with Crippen LogP contribution < -0.4 is 0 Å². The van der Waals surface area contributed by atoms with Crippen LogP contribution in [0.15, 0.2) is 23.5 Å². The molecule has 1 fully saturated rings. The second kappa shape index (κ2) is 7.21. The molecule has 112 valence electrons. The van der Waals surface area contributed by atoms with Gasteiger partial charge in [0, 0.05) is 25.5 Å². The number of aliphatic carboxylic acids is 1. The number of aromatic nitrogens is 2. The molecular weight excluding hydrogens is 288 g/mol. The Balaban J connectivity index is 2.19. The monoisotopic (exact) mass is 306 g/mol. The summed E-state index contributed by atoms with van der Waals surface area (Å²) in [5, 5.41) is 17.8. The second-order valence-corrected chi connectivity index (χ2v) is 5.80. The van der Waals surface area contributed by atoms with Crippen molar-refractivity contribution in [1.82, 2.24) is 14.9 Å². The summed E-state index contributed by atoms with van der Waals surface area (Å²) < 4.78 is 0. The molecule has 21 heavy (non-hydrogen) atoms. The maximum atomic E-state index is 11.5. The highest BCUT2D eigenvalue weighted by Gasteiger charge is 2.21. The van der Waals surface area contributed by atoms with Crippen molar-refractivity contribution in [3.05, 3.63) is 29.2 Å². The topological polar surface area (TPSA) is 90.2 Å². The van der Waals surface area contributed by atoms with E-state index in [0.717, 1.165) is 37.7 Å². The van der Waals surface area contributed by atoms with E-state index in [9.17, 15) is 9.90 Å². The number of nitrogens with one attached hydrogen (secondary N) is 1. The standard InChI is InChI=1S/C14H18N4O2S/c1-10(11-9-16-5-6-17-11)12(13(19)20)21-14(15)18-7-3-2-4-8-18/h5-6,9,15H,2-4,7-8H2,1H3,(H,19,20)/b12-10+,15-14?. The Morgan fingerprint density at radius 3 is 2.62 bits per heavy atom. The fraction of sp³-hybridized carbons (Fsp3) is 0.429. The van der Waals surface area contributed by atoms with E-state index < -0.39 is 5.97 Å². The molecule has 0 bridgehead atoms. The first-order valence-electron chi connectivity index (χ1n) is 6.81. The molecule has 0 spiro atoms. The highest BCUT2D eigenvalue weighted by atomic mass is 32.2. The molecule has 0 radical (unpaired) electrons. The maximum Gasteiger partial charge on any atom is 0.342 e. The van der Waals surface area contributed by atoms with Crippen molar-refractivity contribution in [2.45, 2.75) is 26.2 Å². The Kier molecular flexibility index (Phi) is 5.32. The van der Waals surface area contributed by atoms with Gasteiger partial charge in [0.05, 0.1) is 11.9 Å². The van der Waals surface area contributed by atoms with E-state index in [1.54, 1.807) is 13.1 Å². The van der Waals surface area contributed by atoms with E-state index >= 15 is 0 Å². The second-order valence-electron chi connectivity index (χ2n) is 4.80. The number of amidine groups is 1. The summed E-state index contributed by atoms with van der Waals surface area (Å²) in [7, 11) is 0. The first-order chi connectivity index (χ1) is 10.1. The van der Waals surface area contributed by atoms with Gasteiger partial charge in [0.1, 0.15) is 4.91 Å². The average molecular weight is 306 g/mol. The fourth-order valence-electron chi connectivity index (χ4n) is 2.15. The van der Waals surface area contributed by atoms with Crippen molar-refractivity contribution in [3.8, 4) is 0 Å². The molecule has 2 heterocycles. The zero-order chi connectivity index (χ0) is 15.2. The van der Waals surface area contributed by atoms with Gasteiger partial charge in [-0.3, -0.25) is 15.4 Å². The SMILES string of the molecule is C/C(=C(\SC(=N)N1CCCCC1)C(=O)O)c1cnccn1. The maximum absolute atomic E-state index is 11.5. The van der Waals surface area contributed by atoms with Crippen LogP contribution >= 0.6 is 11.8 Å². The lowest BCUT2D eigenvalue weighted by Crippen LogP contribution is -2.33. The van der Waals surface area contributed by atoms with Gasteiger partial charge in [-0.05, 0) is 43.5 Å². The van der Waals surface area contributed by atoms with E-state index in [1.165, 1.54) is 18.8 Å². The Bertz CT molecular complexity index is 553. The van der Waals surface area contributed by atoms with Crippen LogP contribution in [0.4, 0.5) is 0 Å². The van der Waals surface area contributed by atoms with Gasteiger partial charge >= 0.3 is 5.97 Å². The molecule has 2 N–H and O–H groups in total. The molecule has 0 saturated carbocycles. The van der Waals surface area contributed by atoms with Crippen LogP contribution in [0.2, 0.25) is 0 Å². The van der Waals surface area contributed by atoms with Crippen molar-refractivity contribution in [2.24, 2.45) is 0 Å². The third-order valence-electron chi connectivity index (χ3n) is 3.32. The Morgan fingerprint density at radius 2 is 2.05 bits per heavy atom. The van der Waals surface area contributed by atoms with Crippen LogP contribution in [0.3, 0.4) is 0 Å². The van der Waals surface area contributed by atoms with Crippen LogP contribution in [0.1, 0.15) is 31.9 Å². The molecule has 1 aromatic rings. The van der Waals surface area contributed by atoms with E-state index in [4.69, 9.17) is 5.41 Å². The van der Waals surface area contributed by atoms with E-state index in [1.807, 2.05) is 4.90 Å². The lowest BCUT2D eigenvalue weighted by molar-refractivity contribution is -0.131. The molecule has 0 atom stereocenters.